The molecule has 0 unspecified atom stereocenters. The molecule has 0 saturated heterocycles. The minimum absolute atomic E-state index is 0.126. The Morgan fingerprint density at radius 2 is 2.29 bits per heavy atom. The third kappa shape index (κ3) is 3.34. The van der Waals surface area contributed by atoms with Gasteiger partial charge in [0.2, 0.25) is 5.91 Å². The Kier molecular flexibility index (Phi) is 4.82. The van der Waals surface area contributed by atoms with Gasteiger partial charge >= 0.3 is 13.1 Å². The fourth-order valence-corrected chi connectivity index (χ4v) is 2.15. The molecule has 1 atom stereocenters. The molecule has 112 valence electrons. The summed E-state index contributed by atoms with van der Waals surface area (Å²) in [6.07, 6.45) is 0.640. The fraction of sp³-hybridized carbons (Fsp3) is 0.385. The summed E-state index contributed by atoms with van der Waals surface area (Å²) < 4.78 is 9.87. The maximum absolute atomic E-state index is 11.7. The van der Waals surface area contributed by atoms with Crippen molar-refractivity contribution in [3.8, 4) is 5.75 Å². The lowest BCUT2D eigenvalue weighted by molar-refractivity contribution is -0.121. The molecule has 1 aromatic carbocycles. The van der Waals surface area contributed by atoms with Crippen molar-refractivity contribution in [2.45, 2.75) is 25.7 Å². The number of carbonyl (C=O) groups is 2. The Labute approximate surface area is 122 Å². The highest BCUT2D eigenvalue weighted by atomic mass is 16.6. The van der Waals surface area contributed by atoms with Gasteiger partial charge in [-0.1, -0.05) is 19.1 Å². The monoisotopic (exact) mass is 293 g/mol. The summed E-state index contributed by atoms with van der Waals surface area (Å²) in [5.41, 5.74) is 0.801. The van der Waals surface area contributed by atoms with E-state index in [4.69, 9.17) is 9.76 Å². The summed E-state index contributed by atoms with van der Waals surface area (Å²) in [5.74, 6) is -1.29. The molecule has 3 N–H and O–H groups in total. The van der Waals surface area contributed by atoms with E-state index < -0.39 is 25.8 Å². The Morgan fingerprint density at radius 3 is 2.95 bits per heavy atom. The topological polar surface area (TPSA) is 105 Å². The maximum atomic E-state index is 11.7. The third-order valence-corrected chi connectivity index (χ3v) is 3.20. The van der Waals surface area contributed by atoms with Gasteiger partial charge < -0.3 is 24.8 Å². The number of carbonyl (C=O) groups excluding carboxylic acids is 2. The van der Waals surface area contributed by atoms with Gasteiger partial charge in [0.05, 0.1) is 5.94 Å². The molecule has 0 radical (unpaired) electrons. The van der Waals surface area contributed by atoms with Crippen LogP contribution in [0.25, 0.3) is 0 Å². The number of ether oxygens (including phenoxy) is 1. The van der Waals surface area contributed by atoms with Crippen LogP contribution in [0.2, 0.25) is 0 Å². The van der Waals surface area contributed by atoms with Crippen molar-refractivity contribution >= 4 is 19.0 Å². The molecule has 0 fully saturated rings. The number of amides is 1. The van der Waals surface area contributed by atoms with Crippen molar-refractivity contribution in [1.29, 1.82) is 0 Å². The molecular weight excluding hydrogens is 277 g/mol. The molecular formula is C13H16BNO6. The summed E-state index contributed by atoms with van der Waals surface area (Å²) in [5, 5.41) is 21.3. The molecule has 8 heteroatoms. The van der Waals surface area contributed by atoms with Gasteiger partial charge in [0.15, 0.2) is 6.79 Å². The van der Waals surface area contributed by atoms with Crippen LogP contribution in [-0.2, 0) is 16.0 Å². The number of benzene rings is 1. The lowest BCUT2D eigenvalue weighted by Gasteiger charge is -2.29. The van der Waals surface area contributed by atoms with E-state index >= 15 is 0 Å². The normalized spacial score (nSPS) is 16.7. The molecule has 1 aromatic rings. The number of esters is 1. The quantitative estimate of drug-likeness (QED) is 0.398. The van der Waals surface area contributed by atoms with Gasteiger partial charge in [-0.2, -0.15) is 0 Å². The molecule has 7 nitrogen and oxygen atoms in total. The second-order valence-electron chi connectivity index (χ2n) is 4.59. The summed E-state index contributed by atoms with van der Waals surface area (Å²) in [7, 11) is -1.25. The van der Waals surface area contributed by atoms with Crippen molar-refractivity contribution in [2.24, 2.45) is 0 Å². The molecule has 0 spiro atoms. The van der Waals surface area contributed by atoms with Crippen LogP contribution in [0.3, 0.4) is 0 Å². The van der Waals surface area contributed by atoms with Crippen molar-refractivity contribution < 1.29 is 29.1 Å². The number of fused-ring (bicyclic) bond motifs is 1. The van der Waals surface area contributed by atoms with Crippen LogP contribution in [0.15, 0.2) is 18.2 Å². The van der Waals surface area contributed by atoms with Crippen molar-refractivity contribution in [3.63, 3.8) is 0 Å². The van der Waals surface area contributed by atoms with E-state index in [9.17, 15) is 14.6 Å². The predicted octanol–water partition coefficient (Wildman–Crippen LogP) is -0.357. The molecule has 21 heavy (non-hydrogen) atoms. The van der Waals surface area contributed by atoms with Crippen molar-refractivity contribution in [3.05, 3.63) is 29.3 Å². The zero-order valence-corrected chi connectivity index (χ0v) is 11.5. The SMILES string of the molecule is CCC(=O)N[C@H]1Cc2cccc(C(=O)OCO)c2OB1O. The van der Waals surface area contributed by atoms with Crippen LogP contribution in [0, 0.1) is 0 Å². The average molecular weight is 293 g/mol. The van der Waals surface area contributed by atoms with E-state index in [1.165, 1.54) is 6.07 Å². The summed E-state index contributed by atoms with van der Waals surface area (Å²) in [6.45, 7) is 0.975. The van der Waals surface area contributed by atoms with Crippen LogP contribution in [-0.4, -0.2) is 41.9 Å². The Balaban J connectivity index is 2.24. The average Bonchev–Trinajstić information content (AvgIpc) is 2.47. The highest BCUT2D eigenvalue weighted by Crippen LogP contribution is 2.30. The largest absolute Gasteiger partial charge is 0.547 e. The molecule has 1 heterocycles. The molecule has 2 rings (SSSR count). The number of hydrogen-bond acceptors (Lipinski definition) is 6. The van der Waals surface area contributed by atoms with E-state index in [0.29, 0.717) is 18.4 Å². The molecule has 0 saturated carbocycles. The molecule has 1 aliphatic heterocycles. The molecule has 1 amide bonds. The molecule has 0 aliphatic carbocycles. The minimum atomic E-state index is -1.25. The van der Waals surface area contributed by atoms with E-state index in [1.807, 2.05) is 0 Å². The predicted molar refractivity (Wildman–Crippen MR) is 73.5 cm³/mol. The molecule has 0 bridgehead atoms. The van der Waals surface area contributed by atoms with Gasteiger partial charge in [0.25, 0.3) is 0 Å². The first-order chi connectivity index (χ1) is 10.1. The first-order valence-corrected chi connectivity index (χ1v) is 6.60. The van der Waals surface area contributed by atoms with E-state index in [-0.39, 0.29) is 17.2 Å². The van der Waals surface area contributed by atoms with Gasteiger partial charge in [-0.3, -0.25) is 4.79 Å². The van der Waals surface area contributed by atoms with Gasteiger partial charge in [0.1, 0.15) is 11.3 Å². The van der Waals surface area contributed by atoms with Crippen LogP contribution in [0.4, 0.5) is 0 Å². The van der Waals surface area contributed by atoms with Crippen LogP contribution >= 0.6 is 0 Å². The van der Waals surface area contributed by atoms with Gasteiger partial charge in [-0.05, 0) is 18.1 Å². The zero-order valence-electron chi connectivity index (χ0n) is 11.5. The van der Waals surface area contributed by atoms with Gasteiger partial charge in [-0.25, -0.2) is 4.79 Å². The van der Waals surface area contributed by atoms with Gasteiger partial charge in [0, 0.05) is 6.42 Å². The van der Waals surface area contributed by atoms with Crippen molar-refractivity contribution in [2.75, 3.05) is 6.79 Å². The summed E-state index contributed by atoms with van der Waals surface area (Å²) in [6, 6.07) is 4.86. The van der Waals surface area contributed by atoms with Crippen LogP contribution < -0.4 is 9.97 Å². The smallest absolute Gasteiger partial charge is 0.534 e. The summed E-state index contributed by atoms with van der Waals surface area (Å²) in [4.78, 5) is 23.1. The Hall–Kier alpha value is -2.06. The number of aliphatic hydroxyl groups is 1. The van der Waals surface area contributed by atoms with E-state index in [1.54, 1.807) is 19.1 Å². The zero-order chi connectivity index (χ0) is 15.4. The van der Waals surface area contributed by atoms with E-state index in [0.717, 1.165) is 0 Å². The highest BCUT2D eigenvalue weighted by molar-refractivity contribution is 6.47. The molecule has 0 aromatic heterocycles. The highest BCUT2D eigenvalue weighted by Gasteiger charge is 2.37. The standard InChI is InChI=1S/C13H16BNO6/c1-2-11(17)15-10-6-8-4-3-5-9(13(18)20-7-16)12(8)21-14(10)19/h3-5,10,16,19H,2,6-7H2,1H3,(H,15,17)/t10-/m0/s1. The Bertz CT molecular complexity index is 549. The Morgan fingerprint density at radius 1 is 1.52 bits per heavy atom. The third-order valence-electron chi connectivity index (χ3n) is 3.20. The first kappa shape index (κ1) is 15.3. The molecule has 1 aliphatic rings. The van der Waals surface area contributed by atoms with Gasteiger partial charge in [-0.15, -0.1) is 0 Å². The van der Waals surface area contributed by atoms with Crippen LogP contribution in [0.5, 0.6) is 5.75 Å². The summed E-state index contributed by atoms with van der Waals surface area (Å²) >= 11 is 0. The van der Waals surface area contributed by atoms with E-state index in [2.05, 4.69) is 10.1 Å². The lowest BCUT2D eigenvalue weighted by atomic mass is 9.72. The number of rotatable bonds is 4. The van der Waals surface area contributed by atoms with Crippen molar-refractivity contribution in [1.82, 2.24) is 5.32 Å². The number of para-hydroxylation sites is 1. The first-order valence-electron chi connectivity index (χ1n) is 6.60. The number of aliphatic hydroxyl groups excluding tert-OH is 1. The fourth-order valence-electron chi connectivity index (χ4n) is 2.15. The number of hydrogen-bond donors (Lipinski definition) is 3. The second kappa shape index (κ2) is 6.60. The lowest BCUT2D eigenvalue weighted by Crippen LogP contribution is -2.53. The van der Waals surface area contributed by atoms with Crippen LogP contribution in [0.1, 0.15) is 29.3 Å². The number of nitrogens with one attached hydrogen (secondary N) is 1. The maximum Gasteiger partial charge on any atom is 0.547 e. The minimum Gasteiger partial charge on any atom is -0.534 e. The second-order valence-corrected chi connectivity index (χ2v) is 4.59.